The van der Waals surface area contributed by atoms with E-state index in [0.29, 0.717) is 28.7 Å². The Hall–Kier alpha value is -1.76. The first-order valence-corrected chi connectivity index (χ1v) is 9.64. The Morgan fingerprint density at radius 1 is 1.33 bits per heavy atom. The van der Waals surface area contributed by atoms with Crippen LogP contribution in [0.4, 0.5) is 5.82 Å². The van der Waals surface area contributed by atoms with Crippen LogP contribution in [0.25, 0.3) is 11.2 Å². The summed E-state index contributed by atoms with van der Waals surface area (Å²) in [5, 5.41) is 42.3. The maximum absolute atomic E-state index is 10.3. The Labute approximate surface area is 159 Å². The number of nitrogens with one attached hydrogen (secondary N) is 1. The van der Waals surface area contributed by atoms with Gasteiger partial charge in [-0.3, -0.25) is 4.57 Å². The number of aliphatic hydroxyl groups excluding tert-OH is 4. The van der Waals surface area contributed by atoms with Crippen molar-refractivity contribution in [3.63, 3.8) is 0 Å². The number of rotatable bonds is 7. The minimum atomic E-state index is -1.22. The van der Waals surface area contributed by atoms with Gasteiger partial charge in [-0.1, -0.05) is 23.4 Å². The van der Waals surface area contributed by atoms with Crippen molar-refractivity contribution in [1.29, 1.82) is 0 Å². The van der Waals surface area contributed by atoms with Crippen LogP contribution in [0.15, 0.2) is 23.1 Å². The highest BCUT2D eigenvalue weighted by atomic mass is 32.2. The zero-order valence-electron chi connectivity index (χ0n) is 15.0. The predicted molar refractivity (Wildman–Crippen MR) is 99.4 cm³/mol. The molecule has 11 heteroatoms. The number of aliphatic hydroxyl groups is 4. The van der Waals surface area contributed by atoms with Gasteiger partial charge < -0.3 is 30.5 Å². The monoisotopic (exact) mass is 397 g/mol. The summed E-state index contributed by atoms with van der Waals surface area (Å²) in [5.41, 5.74) is 1.75. The fourth-order valence-electron chi connectivity index (χ4n) is 2.79. The Bertz CT molecular complexity index is 829. The minimum absolute atomic E-state index is 0.0171. The molecule has 0 amide bonds. The highest BCUT2D eigenvalue weighted by Crippen LogP contribution is 2.32. The second-order valence-electron chi connectivity index (χ2n) is 6.20. The summed E-state index contributed by atoms with van der Waals surface area (Å²) in [6.07, 6.45) is 0.917. The van der Waals surface area contributed by atoms with Crippen molar-refractivity contribution in [3.8, 4) is 0 Å². The molecule has 1 aliphatic rings. The Balaban J connectivity index is 1.96. The number of aromatic nitrogens is 4. The molecule has 0 bridgehead atoms. The molecule has 3 rings (SSSR count). The molecular weight excluding hydrogens is 374 g/mol. The van der Waals surface area contributed by atoms with Gasteiger partial charge in [0.15, 0.2) is 28.4 Å². The SMILES string of the molecule is CSc1nc(NC/C=C(/C)CO)c2ncn([C@@H]3O[C@H](CO)[C@@H](O)[C@H]3O)c2n1. The van der Waals surface area contributed by atoms with E-state index in [4.69, 9.17) is 9.84 Å². The molecule has 5 N–H and O–H groups in total. The van der Waals surface area contributed by atoms with Crippen molar-refractivity contribution < 1.29 is 25.2 Å². The van der Waals surface area contributed by atoms with Gasteiger partial charge in [0.05, 0.1) is 19.5 Å². The second-order valence-corrected chi connectivity index (χ2v) is 6.97. The van der Waals surface area contributed by atoms with Crippen LogP contribution >= 0.6 is 11.8 Å². The van der Waals surface area contributed by atoms with Crippen LogP contribution in [0.1, 0.15) is 13.2 Å². The predicted octanol–water partition coefficient (Wildman–Crippen LogP) is -0.490. The number of hydrogen-bond acceptors (Lipinski definition) is 10. The molecule has 27 heavy (non-hydrogen) atoms. The number of hydrogen-bond donors (Lipinski definition) is 5. The Kier molecular flexibility index (Phi) is 6.29. The standard InChI is InChI=1S/C16H23N5O5S/c1-8(5-22)3-4-17-13-10-14(20-16(19-13)27-2)21(7-18-10)15-12(25)11(24)9(6-23)26-15/h3,7,9,11-12,15,22-25H,4-6H2,1-2H3,(H,17,19,20)/b8-3-/t9-,11-,12-,15-/m1/s1. The summed E-state index contributed by atoms with van der Waals surface area (Å²) in [5.74, 6) is 0.511. The average molecular weight is 397 g/mol. The van der Waals surface area contributed by atoms with Crippen LogP contribution in [0.3, 0.4) is 0 Å². The number of anilines is 1. The molecule has 3 heterocycles. The maximum Gasteiger partial charge on any atom is 0.191 e. The highest BCUT2D eigenvalue weighted by Gasteiger charge is 2.44. The van der Waals surface area contributed by atoms with E-state index < -0.39 is 31.1 Å². The molecule has 0 saturated carbocycles. The Morgan fingerprint density at radius 2 is 2.11 bits per heavy atom. The molecule has 4 atom stereocenters. The lowest BCUT2D eigenvalue weighted by Crippen LogP contribution is -2.33. The first kappa shape index (κ1) is 20.0. The van der Waals surface area contributed by atoms with Crippen molar-refractivity contribution in [2.75, 3.05) is 31.3 Å². The second kappa shape index (κ2) is 8.50. The summed E-state index contributed by atoms with van der Waals surface area (Å²) >= 11 is 1.35. The first-order valence-electron chi connectivity index (χ1n) is 8.41. The summed E-state index contributed by atoms with van der Waals surface area (Å²) in [7, 11) is 0. The van der Waals surface area contributed by atoms with E-state index in [9.17, 15) is 15.3 Å². The molecule has 2 aromatic rings. The van der Waals surface area contributed by atoms with E-state index in [1.165, 1.54) is 22.7 Å². The van der Waals surface area contributed by atoms with Gasteiger partial charge >= 0.3 is 0 Å². The van der Waals surface area contributed by atoms with Gasteiger partial charge in [0.2, 0.25) is 0 Å². The third-order valence-electron chi connectivity index (χ3n) is 4.34. The molecule has 10 nitrogen and oxygen atoms in total. The van der Waals surface area contributed by atoms with Crippen LogP contribution in [-0.2, 0) is 4.74 Å². The smallest absolute Gasteiger partial charge is 0.191 e. The third kappa shape index (κ3) is 3.93. The fourth-order valence-corrected chi connectivity index (χ4v) is 3.15. The summed E-state index contributed by atoms with van der Waals surface area (Å²) in [4.78, 5) is 13.2. The van der Waals surface area contributed by atoms with Crippen LogP contribution in [0.5, 0.6) is 0 Å². The van der Waals surface area contributed by atoms with Gasteiger partial charge in [-0.2, -0.15) is 0 Å². The number of ether oxygens (including phenoxy) is 1. The lowest BCUT2D eigenvalue weighted by atomic mass is 10.1. The summed E-state index contributed by atoms with van der Waals surface area (Å²) in [6.45, 7) is 1.85. The molecule has 0 unspecified atom stereocenters. The van der Waals surface area contributed by atoms with Crippen molar-refractivity contribution in [2.24, 2.45) is 0 Å². The molecule has 1 aliphatic heterocycles. The van der Waals surface area contributed by atoms with Crippen molar-refractivity contribution in [1.82, 2.24) is 19.5 Å². The molecule has 2 aromatic heterocycles. The fraction of sp³-hybridized carbons (Fsp3) is 0.562. The number of fused-ring (bicyclic) bond motifs is 1. The molecule has 0 aliphatic carbocycles. The largest absolute Gasteiger partial charge is 0.394 e. The van der Waals surface area contributed by atoms with E-state index in [-0.39, 0.29) is 6.61 Å². The van der Waals surface area contributed by atoms with E-state index >= 15 is 0 Å². The molecule has 0 aromatic carbocycles. The van der Waals surface area contributed by atoms with Crippen molar-refractivity contribution in [3.05, 3.63) is 18.0 Å². The lowest BCUT2D eigenvalue weighted by Gasteiger charge is -2.17. The topological polar surface area (TPSA) is 146 Å². The van der Waals surface area contributed by atoms with Gasteiger partial charge in [-0.15, -0.1) is 0 Å². The molecule has 1 saturated heterocycles. The average Bonchev–Trinajstić information content (AvgIpc) is 3.22. The number of nitrogens with zero attached hydrogens (tertiary/aromatic N) is 4. The van der Waals surface area contributed by atoms with Crippen LogP contribution < -0.4 is 5.32 Å². The Morgan fingerprint density at radius 3 is 2.74 bits per heavy atom. The molecule has 1 fully saturated rings. The minimum Gasteiger partial charge on any atom is -0.394 e. The van der Waals surface area contributed by atoms with Crippen molar-refractivity contribution >= 4 is 28.7 Å². The van der Waals surface area contributed by atoms with Crippen LogP contribution in [0, 0.1) is 0 Å². The zero-order valence-corrected chi connectivity index (χ0v) is 15.8. The van der Waals surface area contributed by atoms with E-state index in [0.717, 1.165) is 5.57 Å². The van der Waals surface area contributed by atoms with Crippen LogP contribution in [-0.4, -0.2) is 84.3 Å². The summed E-state index contributed by atoms with van der Waals surface area (Å²) in [6, 6.07) is 0. The van der Waals surface area contributed by atoms with Gasteiger partial charge in [0, 0.05) is 6.54 Å². The third-order valence-corrected chi connectivity index (χ3v) is 4.89. The number of thioether (sulfide) groups is 1. The maximum atomic E-state index is 10.3. The quantitative estimate of drug-likeness (QED) is 0.236. The number of imidazole rings is 1. The van der Waals surface area contributed by atoms with Gasteiger partial charge in [-0.05, 0) is 13.2 Å². The molecule has 0 radical (unpaired) electrons. The van der Waals surface area contributed by atoms with E-state index in [1.54, 1.807) is 0 Å². The van der Waals surface area contributed by atoms with E-state index in [1.807, 2.05) is 19.3 Å². The van der Waals surface area contributed by atoms with E-state index in [2.05, 4.69) is 20.3 Å². The highest BCUT2D eigenvalue weighted by molar-refractivity contribution is 7.98. The van der Waals surface area contributed by atoms with Crippen LogP contribution in [0.2, 0.25) is 0 Å². The first-order chi connectivity index (χ1) is 13.0. The molecular formula is C16H23N5O5S. The normalized spacial score (nSPS) is 26.1. The van der Waals surface area contributed by atoms with Gasteiger partial charge in [-0.25, -0.2) is 15.0 Å². The lowest BCUT2D eigenvalue weighted by molar-refractivity contribution is -0.0511. The van der Waals surface area contributed by atoms with Gasteiger partial charge in [0.25, 0.3) is 0 Å². The van der Waals surface area contributed by atoms with Crippen molar-refractivity contribution in [2.45, 2.75) is 36.6 Å². The summed E-state index contributed by atoms with van der Waals surface area (Å²) < 4.78 is 7.10. The molecule has 0 spiro atoms. The molecule has 148 valence electrons. The zero-order chi connectivity index (χ0) is 19.6. The van der Waals surface area contributed by atoms with Gasteiger partial charge in [0.1, 0.15) is 18.3 Å².